The summed E-state index contributed by atoms with van der Waals surface area (Å²) in [4.78, 5) is 4.42. The molecule has 0 atom stereocenters. The minimum Gasteiger partial charge on any atom is -0.382 e. The van der Waals surface area contributed by atoms with E-state index in [4.69, 9.17) is 11.5 Å². The smallest absolute Gasteiger partial charge is 0.182 e. The van der Waals surface area contributed by atoms with Crippen LogP contribution in [0.3, 0.4) is 0 Å². The number of nitrogens with two attached hydrogens (primary N) is 2. The summed E-state index contributed by atoms with van der Waals surface area (Å²) in [5.41, 5.74) is 11.5. The van der Waals surface area contributed by atoms with Crippen molar-refractivity contribution in [2.45, 2.75) is 0 Å². The molecule has 0 saturated heterocycles. The van der Waals surface area contributed by atoms with Gasteiger partial charge in [-0.1, -0.05) is 29.5 Å². The first kappa shape index (κ1) is 8.96. The second-order valence-electron chi connectivity index (χ2n) is 2.75. The average molecular weight is 209 g/mol. The molecular formula is C9H8FN3S. The molecule has 0 aliphatic heterocycles. The Balaban J connectivity index is 2.60. The third-order valence-corrected chi connectivity index (χ3v) is 2.72. The van der Waals surface area contributed by atoms with Crippen LogP contribution in [0.4, 0.5) is 15.3 Å². The van der Waals surface area contributed by atoms with Gasteiger partial charge in [-0.05, 0) is 6.07 Å². The highest BCUT2D eigenvalue weighted by Crippen LogP contribution is 2.34. The minimum absolute atomic E-state index is 0.276. The van der Waals surface area contributed by atoms with Crippen LogP contribution >= 0.6 is 11.3 Å². The van der Waals surface area contributed by atoms with Crippen molar-refractivity contribution >= 4 is 22.3 Å². The predicted molar refractivity (Wildman–Crippen MR) is 56.3 cm³/mol. The zero-order chi connectivity index (χ0) is 10.1. The molecule has 2 rings (SSSR count). The molecule has 1 aromatic carbocycles. The maximum Gasteiger partial charge on any atom is 0.182 e. The van der Waals surface area contributed by atoms with Gasteiger partial charge < -0.3 is 11.5 Å². The highest BCUT2D eigenvalue weighted by atomic mass is 32.1. The van der Waals surface area contributed by atoms with E-state index in [1.807, 2.05) is 0 Å². The molecule has 3 nitrogen and oxygen atoms in total. The summed E-state index contributed by atoms with van der Waals surface area (Å²) in [5.74, 6) is -0.0413. The monoisotopic (exact) mass is 209 g/mol. The van der Waals surface area contributed by atoms with Crippen molar-refractivity contribution in [3.8, 4) is 10.4 Å². The van der Waals surface area contributed by atoms with Gasteiger partial charge >= 0.3 is 0 Å². The molecule has 0 saturated carbocycles. The molecule has 0 amide bonds. The van der Waals surface area contributed by atoms with Crippen molar-refractivity contribution in [1.82, 2.24) is 4.98 Å². The van der Waals surface area contributed by atoms with E-state index in [-0.39, 0.29) is 11.6 Å². The van der Waals surface area contributed by atoms with E-state index in [0.717, 1.165) is 0 Å². The summed E-state index contributed by atoms with van der Waals surface area (Å²) >= 11 is 1.18. The first-order valence-electron chi connectivity index (χ1n) is 3.95. The van der Waals surface area contributed by atoms with Gasteiger partial charge in [0.1, 0.15) is 11.6 Å². The lowest BCUT2D eigenvalue weighted by atomic mass is 10.2. The molecule has 72 valence electrons. The Hall–Kier alpha value is -1.62. The zero-order valence-corrected chi connectivity index (χ0v) is 8.01. The summed E-state index contributed by atoms with van der Waals surface area (Å²) < 4.78 is 13.3. The number of anilines is 2. The van der Waals surface area contributed by atoms with E-state index < -0.39 is 0 Å². The second-order valence-corrected chi connectivity index (χ2v) is 3.78. The van der Waals surface area contributed by atoms with E-state index in [0.29, 0.717) is 15.6 Å². The fourth-order valence-electron chi connectivity index (χ4n) is 1.19. The van der Waals surface area contributed by atoms with E-state index in [1.165, 1.54) is 17.4 Å². The number of benzene rings is 1. The standard InChI is InChI=1S/C9H8FN3S/c10-6-4-2-1-3-5(6)7-8(11)13-9(12)14-7/h1-4H,11H2,(H2,12,13). The summed E-state index contributed by atoms with van der Waals surface area (Å²) in [6, 6.07) is 6.40. The lowest BCUT2D eigenvalue weighted by molar-refractivity contribution is 0.632. The van der Waals surface area contributed by atoms with Crippen LogP contribution in [0.2, 0.25) is 0 Å². The van der Waals surface area contributed by atoms with Gasteiger partial charge in [-0.2, -0.15) is 0 Å². The molecule has 1 heterocycles. The maximum atomic E-state index is 13.3. The van der Waals surface area contributed by atoms with Crippen molar-refractivity contribution in [3.63, 3.8) is 0 Å². The van der Waals surface area contributed by atoms with Crippen molar-refractivity contribution in [3.05, 3.63) is 30.1 Å². The van der Waals surface area contributed by atoms with Gasteiger partial charge in [0, 0.05) is 5.56 Å². The third kappa shape index (κ3) is 1.42. The van der Waals surface area contributed by atoms with E-state index in [9.17, 15) is 4.39 Å². The van der Waals surface area contributed by atoms with Gasteiger partial charge in [-0.3, -0.25) is 0 Å². The Bertz CT molecular complexity index is 467. The zero-order valence-electron chi connectivity index (χ0n) is 7.20. The molecule has 4 N–H and O–H groups in total. The number of aromatic nitrogens is 1. The first-order valence-corrected chi connectivity index (χ1v) is 4.77. The summed E-state index contributed by atoms with van der Waals surface area (Å²) in [6.45, 7) is 0. The molecule has 0 unspecified atom stereocenters. The topological polar surface area (TPSA) is 64.9 Å². The quantitative estimate of drug-likeness (QED) is 0.756. The lowest BCUT2D eigenvalue weighted by Gasteiger charge is -1.98. The first-order chi connectivity index (χ1) is 6.68. The summed E-state index contributed by atoms with van der Waals surface area (Å²) in [7, 11) is 0. The van der Waals surface area contributed by atoms with E-state index in [1.54, 1.807) is 18.2 Å². The third-order valence-electron chi connectivity index (χ3n) is 1.79. The van der Waals surface area contributed by atoms with Gasteiger partial charge in [0.05, 0.1) is 4.88 Å². The number of nitrogen functional groups attached to an aromatic ring is 2. The average Bonchev–Trinajstić information content (AvgIpc) is 2.46. The molecule has 0 bridgehead atoms. The van der Waals surface area contributed by atoms with Crippen molar-refractivity contribution in [2.75, 3.05) is 11.5 Å². The Morgan fingerprint density at radius 1 is 1.21 bits per heavy atom. The molecule has 5 heteroatoms. The number of hydrogen-bond acceptors (Lipinski definition) is 4. The van der Waals surface area contributed by atoms with Crippen LogP contribution < -0.4 is 11.5 Å². The number of nitrogens with zero attached hydrogens (tertiary/aromatic N) is 1. The maximum absolute atomic E-state index is 13.3. The van der Waals surface area contributed by atoms with Gasteiger partial charge in [-0.25, -0.2) is 9.37 Å². The highest BCUT2D eigenvalue weighted by Gasteiger charge is 2.11. The van der Waals surface area contributed by atoms with Crippen LogP contribution in [0.1, 0.15) is 0 Å². The van der Waals surface area contributed by atoms with E-state index >= 15 is 0 Å². The number of thiazole rings is 1. The van der Waals surface area contributed by atoms with Crippen LogP contribution in [0.5, 0.6) is 0 Å². The molecule has 14 heavy (non-hydrogen) atoms. The predicted octanol–water partition coefficient (Wildman–Crippen LogP) is 2.11. The van der Waals surface area contributed by atoms with Crippen LogP contribution in [0, 0.1) is 5.82 Å². The molecule has 0 aliphatic carbocycles. The van der Waals surface area contributed by atoms with Crippen LogP contribution in [0.25, 0.3) is 10.4 Å². The molecule has 2 aromatic rings. The van der Waals surface area contributed by atoms with Gasteiger partial charge in [0.15, 0.2) is 5.13 Å². The van der Waals surface area contributed by atoms with Gasteiger partial charge in [-0.15, -0.1) is 0 Å². The van der Waals surface area contributed by atoms with Crippen molar-refractivity contribution < 1.29 is 4.39 Å². The van der Waals surface area contributed by atoms with E-state index in [2.05, 4.69) is 4.98 Å². The minimum atomic E-state index is -0.317. The normalized spacial score (nSPS) is 10.4. The largest absolute Gasteiger partial charge is 0.382 e. The Labute approximate surface area is 84.2 Å². The summed E-state index contributed by atoms with van der Waals surface area (Å²) in [6.07, 6.45) is 0. The number of hydrogen-bond donors (Lipinski definition) is 2. The highest BCUT2D eigenvalue weighted by molar-refractivity contribution is 7.19. The molecule has 1 aromatic heterocycles. The fourth-order valence-corrected chi connectivity index (χ4v) is 1.97. The number of halogens is 1. The Morgan fingerprint density at radius 3 is 2.50 bits per heavy atom. The Morgan fingerprint density at radius 2 is 1.93 bits per heavy atom. The number of rotatable bonds is 1. The van der Waals surface area contributed by atoms with Gasteiger partial charge in [0.2, 0.25) is 0 Å². The van der Waals surface area contributed by atoms with Crippen LogP contribution in [0.15, 0.2) is 24.3 Å². The molecule has 0 aliphatic rings. The van der Waals surface area contributed by atoms with Crippen LogP contribution in [-0.4, -0.2) is 4.98 Å². The lowest BCUT2D eigenvalue weighted by Crippen LogP contribution is -1.89. The second kappa shape index (κ2) is 3.26. The van der Waals surface area contributed by atoms with Crippen molar-refractivity contribution in [1.29, 1.82) is 0 Å². The molecule has 0 radical (unpaired) electrons. The molecule has 0 spiro atoms. The van der Waals surface area contributed by atoms with Gasteiger partial charge in [0.25, 0.3) is 0 Å². The summed E-state index contributed by atoms with van der Waals surface area (Å²) in [5, 5.41) is 0.348. The fraction of sp³-hybridized carbons (Fsp3) is 0. The van der Waals surface area contributed by atoms with Crippen molar-refractivity contribution in [2.24, 2.45) is 0 Å². The molecule has 0 fully saturated rings. The molecular weight excluding hydrogens is 201 g/mol. The Kier molecular flexibility index (Phi) is 2.09. The van der Waals surface area contributed by atoms with Crippen LogP contribution in [-0.2, 0) is 0 Å². The SMILES string of the molecule is Nc1nc(N)c(-c2ccccc2F)s1.